The summed E-state index contributed by atoms with van der Waals surface area (Å²) in [6.07, 6.45) is 0. The molecule has 5 nitrogen and oxygen atoms in total. The third-order valence-corrected chi connectivity index (χ3v) is 2.43. The SMILES string of the molecule is N#Cc1cccc(CNc2nc(Cl)nc(Cl)n2)c1. The fourth-order valence-corrected chi connectivity index (χ4v) is 1.70. The molecule has 0 saturated carbocycles. The lowest BCUT2D eigenvalue weighted by Crippen LogP contribution is -2.05. The molecule has 0 radical (unpaired) electrons. The van der Waals surface area contributed by atoms with Crippen molar-refractivity contribution in [2.75, 3.05) is 5.32 Å². The van der Waals surface area contributed by atoms with Crippen LogP contribution in [0.25, 0.3) is 0 Å². The molecule has 2 rings (SSSR count). The summed E-state index contributed by atoms with van der Waals surface area (Å²) < 4.78 is 0. The number of halogens is 2. The van der Waals surface area contributed by atoms with E-state index >= 15 is 0 Å². The second-order valence-electron chi connectivity index (χ2n) is 3.36. The Hall–Kier alpha value is -1.90. The number of nitriles is 1. The molecular weight excluding hydrogens is 273 g/mol. The van der Waals surface area contributed by atoms with Gasteiger partial charge < -0.3 is 5.32 Å². The van der Waals surface area contributed by atoms with Crippen LogP contribution in [0.15, 0.2) is 24.3 Å². The van der Waals surface area contributed by atoms with Gasteiger partial charge in [-0.25, -0.2) is 0 Å². The maximum Gasteiger partial charge on any atom is 0.228 e. The Kier molecular flexibility index (Phi) is 3.92. The highest BCUT2D eigenvalue weighted by atomic mass is 35.5. The van der Waals surface area contributed by atoms with Crippen molar-refractivity contribution in [3.8, 4) is 6.07 Å². The molecular formula is C11H7Cl2N5. The minimum Gasteiger partial charge on any atom is -0.350 e. The standard InChI is InChI=1S/C11H7Cl2N5/c12-9-16-10(13)18-11(17-9)15-6-8-3-1-2-7(4-8)5-14/h1-4H,6H2,(H,15,16,17,18). The molecule has 0 bridgehead atoms. The summed E-state index contributed by atoms with van der Waals surface area (Å²) >= 11 is 11.3. The van der Waals surface area contributed by atoms with E-state index in [1.54, 1.807) is 12.1 Å². The summed E-state index contributed by atoms with van der Waals surface area (Å²) in [5.74, 6) is 0.294. The zero-order valence-corrected chi connectivity index (χ0v) is 10.6. The van der Waals surface area contributed by atoms with Crippen LogP contribution in [-0.2, 0) is 6.54 Å². The van der Waals surface area contributed by atoms with E-state index in [-0.39, 0.29) is 10.6 Å². The molecule has 1 heterocycles. The number of anilines is 1. The molecule has 1 aromatic heterocycles. The summed E-state index contributed by atoms with van der Waals surface area (Å²) in [7, 11) is 0. The molecule has 0 fully saturated rings. The normalized spacial score (nSPS) is 9.83. The van der Waals surface area contributed by atoms with E-state index in [1.165, 1.54) is 0 Å². The van der Waals surface area contributed by atoms with Crippen LogP contribution in [0.2, 0.25) is 10.6 Å². The average Bonchev–Trinajstić information content (AvgIpc) is 2.35. The first-order valence-electron chi connectivity index (χ1n) is 4.97. The molecule has 1 N–H and O–H groups in total. The molecule has 90 valence electrons. The predicted molar refractivity (Wildman–Crippen MR) is 68.3 cm³/mol. The van der Waals surface area contributed by atoms with Gasteiger partial charge in [-0.15, -0.1) is 0 Å². The van der Waals surface area contributed by atoms with Gasteiger partial charge in [-0.05, 0) is 40.9 Å². The third kappa shape index (κ3) is 3.29. The van der Waals surface area contributed by atoms with Gasteiger partial charge in [-0.3, -0.25) is 0 Å². The number of hydrogen-bond donors (Lipinski definition) is 1. The van der Waals surface area contributed by atoms with E-state index in [0.717, 1.165) is 5.56 Å². The van der Waals surface area contributed by atoms with E-state index in [2.05, 4.69) is 26.3 Å². The number of nitrogens with zero attached hydrogens (tertiary/aromatic N) is 4. The van der Waals surface area contributed by atoms with Crippen molar-refractivity contribution in [2.45, 2.75) is 6.54 Å². The predicted octanol–water partition coefficient (Wildman–Crippen LogP) is 2.66. The average molecular weight is 280 g/mol. The van der Waals surface area contributed by atoms with Crippen LogP contribution in [-0.4, -0.2) is 15.0 Å². The van der Waals surface area contributed by atoms with Gasteiger partial charge in [0.1, 0.15) is 0 Å². The molecule has 0 aliphatic rings. The molecule has 0 amide bonds. The first kappa shape index (κ1) is 12.6. The Morgan fingerprint density at radius 1 is 1.17 bits per heavy atom. The molecule has 0 aliphatic heterocycles. The first-order valence-corrected chi connectivity index (χ1v) is 5.73. The number of hydrogen-bond acceptors (Lipinski definition) is 5. The lowest BCUT2D eigenvalue weighted by atomic mass is 10.1. The van der Waals surface area contributed by atoms with Crippen LogP contribution in [0.3, 0.4) is 0 Å². The van der Waals surface area contributed by atoms with E-state index in [9.17, 15) is 0 Å². The zero-order valence-electron chi connectivity index (χ0n) is 9.06. The molecule has 0 unspecified atom stereocenters. The highest BCUT2D eigenvalue weighted by Gasteiger charge is 2.03. The van der Waals surface area contributed by atoms with E-state index < -0.39 is 0 Å². The Bertz CT molecular complexity index is 588. The summed E-state index contributed by atoms with van der Waals surface area (Å²) in [5.41, 5.74) is 1.53. The van der Waals surface area contributed by atoms with Gasteiger partial charge in [-0.1, -0.05) is 12.1 Å². The van der Waals surface area contributed by atoms with Crippen molar-refractivity contribution in [2.24, 2.45) is 0 Å². The molecule has 0 aliphatic carbocycles. The van der Waals surface area contributed by atoms with E-state index in [1.807, 2.05) is 12.1 Å². The highest BCUT2D eigenvalue weighted by molar-refractivity contribution is 6.31. The minimum absolute atomic E-state index is 0.0308. The second kappa shape index (κ2) is 5.63. The number of nitrogens with one attached hydrogen (secondary N) is 1. The number of benzene rings is 1. The van der Waals surface area contributed by atoms with Crippen molar-refractivity contribution in [3.63, 3.8) is 0 Å². The Balaban J connectivity index is 2.09. The minimum atomic E-state index is 0.0308. The van der Waals surface area contributed by atoms with Crippen molar-refractivity contribution >= 4 is 29.2 Å². The van der Waals surface area contributed by atoms with Crippen LogP contribution in [0, 0.1) is 11.3 Å². The zero-order chi connectivity index (χ0) is 13.0. The van der Waals surface area contributed by atoms with Gasteiger partial charge in [0.05, 0.1) is 11.6 Å². The second-order valence-corrected chi connectivity index (χ2v) is 4.04. The van der Waals surface area contributed by atoms with E-state index in [0.29, 0.717) is 18.1 Å². The van der Waals surface area contributed by atoms with Crippen molar-refractivity contribution in [1.82, 2.24) is 15.0 Å². The lowest BCUT2D eigenvalue weighted by molar-refractivity contribution is 1.00. The maximum atomic E-state index is 8.78. The molecule has 0 spiro atoms. The molecule has 7 heteroatoms. The van der Waals surface area contributed by atoms with Crippen molar-refractivity contribution in [1.29, 1.82) is 5.26 Å². The van der Waals surface area contributed by atoms with Crippen LogP contribution >= 0.6 is 23.2 Å². The summed E-state index contributed by atoms with van der Waals surface area (Å²) in [6.45, 7) is 0.464. The Morgan fingerprint density at radius 2 is 1.89 bits per heavy atom. The largest absolute Gasteiger partial charge is 0.350 e. The molecule has 0 atom stereocenters. The maximum absolute atomic E-state index is 8.78. The Labute approximate surface area is 113 Å². The van der Waals surface area contributed by atoms with Crippen LogP contribution < -0.4 is 5.32 Å². The van der Waals surface area contributed by atoms with Crippen LogP contribution in [0.5, 0.6) is 0 Å². The van der Waals surface area contributed by atoms with Crippen molar-refractivity contribution in [3.05, 3.63) is 46.0 Å². The molecule has 2 aromatic rings. The summed E-state index contributed by atoms with van der Waals surface area (Å²) in [5, 5.41) is 11.8. The van der Waals surface area contributed by atoms with Gasteiger partial charge in [0.2, 0.25) is 16.5 Å². The van der Waals surface area contributed by atoms with Gasteiger partial charge >= 0.3 is 0 Å². The first-order chi connectivity index (χ1) is 8.67. The summed E-state index contributed by atoms with van der Waals surface area (Å²) in [4.78, 5) is 11.4. The quantitative estimate of drug-likeness (QED) is 0.935. The fourth-order valence-electron chi connectivity index (χ4n) is 1.34. The van der Waals surface area contributed by atoms with Crippen LogP contribution in [0.1, 0.15) is 11.1 Å². The fraction of sp³-hybridized carbons (Fsp3) is 0.0909. The summed E-state index contributed by atoms with van der Waals surface area (Å²) in [6, 6.07) is 9.28. The third-order valence-electron chi connectivity index (χ3n) is 2.09. The van der Waals surface area contributed by atoms with Gasteiger partial charge in [-0.2, -0.15) is 20.2 Å². The highest BCUT2D eigenvalue weighted by Crippen LogP contribution is 2.11. The molecule has 18 heavy (non-hydrogen) atoms. The monoisotopic (exact) mass is 279 g/mol. The van der Waals surface area contributed by atoms with Crippen molar-refractivity contribution < 1.29 is 0 Å². The smallest absolute Gasteiger partial charge is 0.228 e. The topological polar surface area (TPSA) is 74.5 Å². The number of aromatic nitrogens is 3. The number of rotatable bonds is 3. The van der Waals surface area contributed by atoms with Gasteiger partial charge in [0, 0.05) is 6.54 Å². The van der Waals surface area contributed by atoms with Crippen LogP contribution in [0.4, 0.5) is 5.95 Å². The Morgan fingerprint density at radius 3 is 2.56 bits per heavy atom. The van der Waals surface area contributed by atoms with Gasteiger partial charge in [0.25, 0.3) is 0 Å². The molecule has 0 saturated heterocycles. The molecule has 1 aromatic carbocycles. The lowest BCUT2D eigenvalue weighted by Gasteiger charge is -2.05. The van der Waals surface area contributed by atoms with E-state index in [4.69, 9.17) is 28.5 Å². The van der Waals surface area contributed by atoms with Gasteiger partial charge in [0.15, 0.2) is 0 Å².